The van der Waals surface area contributed by atoms with Crippen molar-refractivity contribution in [3.63, 3.8) is 0 Å². The van der Waals surface area contributed by atoms with E-state index < -0.39 is 23.8 Å². The zero-order valence-corrected chi connectivity index (χ0v) is 15.6. The number of hydrogen-bond acceptors (Lipinski definition) is 4. The molecular weight excluding hydrogens is 334 g/mol. The summed E-state index contributed by atoms with van der Waals surface area (Å²) in [5, 5.41) is 9.60. The Morgan fingerprint density at radius 2 is 1.96 bits per heavy atom. The molecule has 26 heavy (non-hydrogen) atoms. The highest BCUT2D eigenvalue weighted by Crippen LogP contribution is 2.50. The van der Waals surface area contributed by atoms with E-state index in [0.29, 0.717) is 18.8 Å². The molecule has 1 aromatic rings. The minimum absolute atomic E-state index is 0.00142. The van der Waals surface area contributed by atoms with Crippen molar-refractivity contribution in [2.45, 2.75) is 58.4 Å². The number of carbonyl (C=O) groups is 2. The number of aliphatic carboxylic acids is 1. The number of carbonyl (C=O) groups excluding carboxylic acids is 1. The van der Waals surface area contributed by atoms with Crippen LogP contribution in [0.25, 0.3) is 0 Å². The molecule has 3 unspecified atom stereocenters. The van der Waals surface area contributed by atoms with Crippen molar-refractivity contribution in [1.29, 1.82) is 0 Å². The topological polar surface area (TPSA) is 76.1 Å². The molecule has 3 rings (SSSR count). The smallest absolute Gasteiger partial charge is 0.413 e. The second-order valence-corrected chi connectivity index (χ2v) is 8.38. The Hall–Kier alpha value is -2.08. The van der Waals surface area contributed by atoms with Gasteiger partial charge in [0.15, 0.2) is 6.04 Å². The Bertz CT molecular complexity index is 674. The molecule has 3 atom stereocenters. The second kappa shape index (κ2) is 6.91. The van der Waals surface area contributed by atoms with Crippen LogP contribution in [-0.2, 0) is 20.9 Å². The zero-order chi connectivity index (χ0) is 18.9. The molecule has 1 spiro atoms. The van der Waals surface area contributed by atoms with Crippen LogP contribution in [0.15, 0.2) is 30.3 Å². The average Bonchev–Trinajstić information content (AvgIpc) is 2.89. The SMILES string of the molecule is CC1CC(C)(C)CC2(C1)OCC(C(=O)O)N2C(=O)OCc1ccccc1. The summed E-state index contributed by atoms with van der Waals surface area (Å²) in [6, 6.07) is 8.35. The fraction of sp³-hybridized carbons (Fsp3) is 0.600. The predicted octanol–water partition coefficient (Wildman–Crippen LogP) is 3.65. The minimum atomic E-state index is -1.06. The van der Waals surface area contributed by atoms with E-state index in [2.05, 4.69) is 20.8 Å². The summed E-state index contributed by atoms with van der Waals surface area (Å²) in [5.74, 6) is -0.731. The average molecular weight is 361 g/mol. The molecule has 1 N–H and O–H groups in total. The van der Waals surface area contributed by atoms with Crippen LogP contribution in [-0.4, -0.2) is 40.4 Å². The number of carboxylic acids is 1. The monoisotopic (exact) mass is 361 g/mol. The summed E-state index contributed by atoms with van der Waals surface area (Å²) in [6.45, 7) is 6.49. The number of ether oxygens (including phenoxy) is 2. The van der Waals surface area contributed by atoms with E-state index in [1.807, 2.05) is 30.3 Å². The third kappa shape index (κ3) is 3.70. The van der Waals surface area contributed by atoms with E-state index in [9.17, 15) is 14.7 Å². The van der Waals surface area contributed by atoms with E-state index >= 15 is 0 Å². The molecule has 1 aliphatic heterocycles. The van der Waals surface area contributed by atoms with Crippen LogP contribution in [0.4, 0.5) is 4.79 Å². The highest BCUT2D eigenvalue weighted by molar-refractivity contribution is 5.81. The fourth-order valence-electron chi connectivity index (χ4n) is 4.67. The van der Waals surface area contributed by atoms with Gasteiger partial charge in [-0.05, 0) is 29.7 Å². The molecule has 0 aromatic heterocycles. The maximum absolute atomic E-state index is 12.9. The summed E-state index contributed by atoms with van der Waals surface area (Å²) in [5.41, 5.74) is -0.0830. The third-order valence-corrected chi connectivity index (χ3v) is 5.27. The first-order valence-corrected chi connectivity index (χ1v) is 9.09. The van der Waals surface area contributed by atoms with Crippen molar-refractivity contribution < 1.29 is 24.2 Å². The largest absolute Gasteiger partial charge is 0.480 e. The maximum atomic E-state index is 12.9. The normalized spacial score (nSPS) is 30.3. The first-order chi connectivity index (χ1) is 12.2. The van der Waals surface area contributed by atoms with Gasteiger partial charge in [0.2, 0.25) is 0 Å². The Morgan fingerprint density at radius 1 is 1.27 bits per heavy atom. The second-order valence-electron chi connectivity index (χ2n) is 8.38. The summed E-state index contributed by atoms with van der Waals surface area (Å²) in [6.07, 6.45) is 1.63. The zero-order valence-electron chi connectivity index (χ0n) is 15.6. The fourth-order valence-corrected chi connectivity index (χ4v) is 4.67. The van der Waals surface area contributed by atoms with Gasteiger partial charge in [-0.1, -0.05) is 51.1 Å². The van der Waals surface area contributed by atoms with Gasteiger partial charge in [-0.15, -0.1) is 0 Å². The van der Waals surface area contributed by atoms with E-state index in [-0.39, 0.29) is 18.6 Å². The molecule has 1 saturated carbocycles. The van der Waals surface area contributed by atoms with Crippen molar-refractivity contribution in [3.8, 4) is 0 Å². The molecule has 1 saturated heterocycles. The highest BCUT2D eigenvalue weighted by atomic mass is 16.6. The van der Waals surface area contributed by atoms with Gasteiger partial charge in [0.05, 0.1) is 6.61 Å². The van der Waals surface area contributed by atoms with E-state index in [4.69, 9.17) is 9.47 Å². The Balaban J connectivity index is 1.83. The van der Waals surface area contributed by atoms with Gasteiger partial charge in [-0.25, -0.2) is 9.59 Å². The molecule has 2 aliphatic rings. The van der Waals surface area contributed by atoms with Crippen LogP contribution in [0.1, 0.15) is 45.6 Å². The van der Waals surface area contributed by atoms with Crippen LogP contribution in [0, 0.1) is 11.3 Å². The lowest BCUT2D eigenvalue weighted by atomic mass is 9.68. The highest BCUT2D eigenvalue weighted by Gasteiger charge is 2.57. The molecule has 1 aliphatic carbocycles. The predicted molar refractivity (Wildman–Crippen MR) is 95.4 cm³/mol. The Morgan fingerprint density at radius 3 is 2.58 bits per heavy atom. The van der Waals surface area contributed by atoms with Gasteiger partial charge >= 0.3 is 12.1 Å². The van der Waals surface area contributed by atoms with E-state index in [1.54, 1.807) is 0 Å². The van der Waals surface area contributed by atoms with Crippen molar-refractivity contribution in [2.75, 3.05) is 6.61 Å². The molecular formula is C20H27NO5. The van der Waals surface area contributed by atoms with Gasteiger partial charge in [0.1, 0.15) is 12.3 Å². The van der Waals surface area contributed by atoms with Crippen LogP contribution >= 0.6 is 0 Å². The summed E-state index contributed by atoms with van der Waals surface area (Å²) in [4.78, 5) is 26.0. The van der Waals surface area contributed by atoms with E-state index in [0.717, 1.165) is 12.0 Å². The standard InChI is InChI=1S/C20H27NO5/c1-14-9-19(2,3)13-20(10-14)21(16(12-26-20)17(22)23)18(24)25-11-15-7-5-4-6-8-15/h4-8,14,16H,9-13H2,1-3H3,(H,22,23). The summed E-state index contributed by atoms with van der Waals surface area (Å²) in [7, 11) is 0. The lowest BCUT2D eigenvalue weighted by Gasteiger charge is -2.48. The molecule has 2 fully saturated rings. The first-order valence-electron chi connectivity index (χ1n) is 9.09. The number of nitrogens with zero attached hydrogens (tertiary/aromatic N) is 1. The van der Waals surface area contributed by atoms with Crippen molar-refractivity contribution in [1.82, 2.24) is 4.90 Å². The molecule has 6 heteroatoms. The number of benzene rings is 1. The molecule has 1 amide bonds. The number of rotatable bonds is 3. The lowest BCUT2D eigenvalue weighted by Crippen LogP contribution is -2.57. The number of carboxylic acid groups (broad SMARTS) is 1. The molecule has 6 nitrogen and oxygen atoms in total. The van der Waals surface area contributed by atoms with Gasteiger partial charge in [0.25, 0.3) is 0 Å². The first kappa shape index (κ1) is 18.7. The molecule has 0 radical (unpaired) electrons. The van der Waals surface area contributed by atoms with Crippen LogP contribution in [0.3, 0.4) is 0 Å². The number of amides is 1. The Kier molecular flexibility index (Phi) is 4.97. The van der Waals surface area contributed by atoms with Crippen molar-refractivity contribution in [3.05, 3.63) is 35.9 Å². The molecule has 1 heterocycles. The quantitative estimate of drug-likeness (QED) is 0.889. The lowest BCUT2D eigenvalue weighted by molar-refractivity contribution is -0.151. The van der Waals surface area contributed by atoms with Gasteiger partial charge in [0, 0.05) is 6.42 Å². The van der Waals surface area contributed by atoms with Crippen LogP contribution in [0.5, 0.6) is 0 Å². The molecule has 0 bridgehead atoms. The van der Waals surface area contributed by atoms with Gasteiger partial charge in [-0.2, -0.15) is 0 Å². The van der Waals surface area contributed by atoms with Crippen molar-refractivity contribution >= 4 is 12.1 Å². The summed E-state index contributed by atoms with van der Waals surface area (Å²) >= 11 is 0. The molecule has 142 valence electrons. The third-order valence-electron chi connectivity index (χ3n) is 5.27. The minimum Gasteiger partial charge on any atom is -0.480 e. The van der Waals surface area contributed by atoms with Crippen LogP contribution in [0.2, 0.25) is 0 Å². The number of hydrogen-bond donors (Lipinski definition) is 1. The van der Waals surface area contributed by atoms with Gasteiger partial charge < -0.3 is 14.6 Å². The van der Waals surface area contributed by atoms with E-state index in [1.165, 1.54) is 4.90 Å². The van der Waals surface area contributed by atoms with Crippen LogP contribution < -0.4 is 0 Å². The summed E-state index contributed by atoms with van der Waals surface area (Å²) < 4.78 is 11.5. The molecule has 1 aromatic carbocycles. The Labute approximate surface area is 154 Å². The van der Waals surface area contributed by atoms with Gasteiger partial charge in [-0.3, -0.25) is 4.90 Å². The van der Waals surface area contributed by atoms with Crippen molar-refractivity contribution in [2.24, 2.45) is 11.3 Å². The maximum Gasteiger partial charge on any atom is 0.413 e.